The predicted molar refractivity (Wildman–Crippen MR) is 82.5 cm³/mol. The minimum absolute atomic E-state index is 0.0369. The highest BCUT2D eigenvalue weighted by Crippen LogP contribution is 2.49. The van der Waals surface area contributed by atoms with E-state index in [4.69, 9.17) is 9.47 Å². The molecule has 0 radical (unpaired) electrons. The zero-order valence-electron chi connectivity index (χ0n) is 12.9. The normalized spacial score (nSPS) is 34.4. The molecule has 3 heteroatoms. The fraction of sp³-hybridized carbons (Fsp3) is 0.667. The Labute approximate surface area is 127 Å². The van der Waals surface area contributed by atoms with Crippen LogP contribution in [0.25, 0.3) is 0 Å². The molecule has 21 heavy (non-hydrogen) atoms. The standard InChI is InChI=1S/C18H25NO2/c1-14-11-20-16-8-4-3-7-15(16)18(14)13-19-12-17(21-18)9-5-2-6-10-17/h3-4,7-8,14,19H,2,5-6,9-13H2,1H3. The lowest BCUT2D eigenvalue weighted by Gasteiger charge is -2.54. The number of hydrogen-bond acceptors (Lipinski definition) is 3. The third kappa shape index (κ3) is 2.09. The van der Waals surface area contributed by atoms with Crippen LogP contribution >= 0.6 is 0 Å². The summed E-state index contributed by atoms with van der Waals surface area (Å²) in [5, 5.41) is 3.70. The number of morpholine rings is 1. The van der Waals surface area contributed by atoms with Crippen molar-refractivity contribution in [3.63, 3.8) is 0 Å². The van der Waals surface area contributed by atoms with Crippen molar-refractivity contribution in [2.75, 3.05) is 19.7 Å². The molecule has 2 fully saturated rings. The van der Waals surface area contributed by atoms with E-state index < -0.39 is 0 Å². The van der Waals surface area contributed by atoms with E-state index in [0.29, 0.717) is 5.92 Å². The molecule has 0 aromatic heterocycles. The van der Waals surface area contributed by atoms with Crippen molar-refractivity contribution in [1.82, 2.24) is 5.32 Å². The monoisotopic (exact) mass is 287 g/mol. The summed E-state index contributed by atoms with van der Waals surface area (Å²) in [5.74, 6) is 1.38. The van der Waals surface area contributed by atoms with Crippen LogP contribution in [0.2, 0.25) is 0 Å². The Kier molecular flexibility index (Phi) is 3.23. The lowest BCUT2D eigenvalue weighted by atomic mass is 9.75. The van der Waals surface area contributed by atoms with E-state index in [0.717, 1.165) is 25.4 Å². The fourth-order valence-electron chi connectivity index (χ4n) is 4.39. The van der Waals surface area contributed by atoms with Crippen molar-refractivity contribution in [3.8, 4) is 5.75 Å². The van der Waals surface area contributed by atoms with Crippen LogP contribution in [0.5, 0.6) is 5.75 Å². The number of rotatable bonds is 0. The van der Waals surface area contributed by atoms with E-state index in [9.17, 15) is 0 Å². The van der Waals surface area contributed by atoms with E-state index >= 15 is 0 Å². The first-order valence-corrected chi connectivity index (χ1v) is 8.37. The van der Waals surface area contributed by atoms with Gasteiger partial charge in [0.15, 0.2) is 0 Å². The number of fused-ring (bicyclic) bond motifs is 2. The molecule has 4 rings (SSSR count). The van der Waals surface area contributed by atoms with E-state index in [-0.39, 0.29) is 11.2 Å². The van der Waals surface area contributed by atoms with Gasteiger partial charge in [0, 0.05) is 24.6 Å². The number of nitrogens with one attached hydrogen (secondary N) is 1. The molecule has 0 bridgehead atoms. The molecule has 1 saturated heterocycles. The molecule has 1 saturated carbocycles. The van der Waals surface area contributed by atoms with Crippen LogP contribution in [-0.2, 0) is 10.3 Å². The largest absolute Gasteiger partial charge is 0.493 e. The molecule has 0 amide bonds. The summed E-state index contributed by atoms with van der Waals surface area (Å²) >= 11 is 0. The number of ether oxygens (including phenoxy) is 2. The first-order valence-electron chi connectivity index (χ1n) is 8.37. The molecule has 1 aromatic carbocycles. The van der Waals surface area contributed by atoms with Crippen LogP contribution in [-0.4, -0.2) is 25.3 Å². The third-order valence-electron chi connectivity index (χ3n) is 5.63. The van der Waals surface area contributed by atoms with Gasteiger partial charge in [-0.2, -0.15) is 0 Å². The third-order valence-corrected chi connectivity index (χ3v) is 5.63. The molecule has 1 aromatic rings. The van der Waals surface area contributed by atoms with Crippen LogP contribution in [0.15, 0.2) is 24.3 Å². The lowest BCUT2D eigenvalue weighted by molar-refractivity contribution is -0.226. The Hall–Kier alpha value is -1.06. The maximum Gasteiger partial charge on any atom is 0.125 e. The van der Waals surface area contributed by atoms with E-state index in [1.165, 1.54) is 37.7 Å². The van der Waals surface area contributed by atoms with Crippen LogP contribution in [0.3, 0.4) is 0 Å². The zero-order valence-corrected chi connectivity index (χ0v) is 12.9. The second-order valence-electron chi connectivity index (χ2n) is 7.05. The maximum absolute atomic E-state index is 6.94. The lowest BCUT2D eigenvalue weighted by Crippen LogP contribution is -2.63. The Bertz CT molecular complexity index is 518. The highest BCUT2D eigenvalue weighted by molar-refractivity contribution is 5.41. The van der Waals surface area contributed by atoms with Crippen molar-refractivity contribution in [3.05, 3.63) is 29.8 Å². The van der Waals surface area contributed by atoms with Crippen molar-refractivity contribution in [2.24, 2.45) is 5.92 Å². The van der Waals surface area contributed by atoms with Crippen molar-refractivity contribution < 1.29 is 9.47 Å². The predicted octanol–water partition coefficient (Wildman–Crippen LogP) is 3.23. The van der Waals surface area contributed by atoms with E-state index in [1.807, 2.05) is 0 Å². The van der Waals surface area contributed by atoms with Crippen LogP contribution in [0, 0.1) is 5.92 Å². The van der Waals surface area contributed by atoms with Crippen molar-refractivity contribution >= 4 is 0 Å². The van der Waals surface area contributed by atoms with Crippen LogP contribution in [0.4, 0.5) is 0 Å². The summed E-state index contributed by atoms with van der Waals surface area (Å²) in [7, 11) is 0. The Morgan fingerprint density at radius 2 is 1.90 bits per heavy atom. The summed E-state index contributed by atoms with van der Waals surface area (Å²) in [4.78, 5) is 0. The second-order valence-corrected chi connectivity index (χ2v) is 7.05. The minimum Gasteiger partial charge on any atom is -0.493 e. The molecular formula is C18H25NO2. The molecular weight excluding hydrogens is 262 g/mol. The first kappa shape index (κ1) is 13.6. The van der Waals surface area contributed by atoms with Crippen LogP contribution < -0.4 is 10.1 Å². The number of para-hydroxylation sites is 1. The first-order chi connectivity index (χ1) is 10.2. The molecule has 1 N–H and O–H groups in total. The number of benzene rings is 1. The van der Waals surface area contributed by atoms with Crippen LogP contribution in [0.1, 0.15) is 44.6 Å². The molecule has 2 heterocycles. The molecule has 114 valence electrons. The minimum atomic E-state index is -0.218. The Balaban J connectivity index is 1.75. The van der Waals surface area contributed by atoms with Crippen molar-refractivity contribution in [1.29, 1.82) is 0 Å². The van der Waals surface area contributed by atoms with Gasteiger partial charge < -0.3 is 14.8 Å². The molecule has 1 aliphatic carbocycles. The fourth-order valence-corrected chi connectivity index (χ4v) is 4.39. The quantitative estimate of drug-likeness (QED) is 0.794. The van der Waals surface area contributed by atoms with E-state index in [2.05, 4.69) is 36.5 Å². The Morgan fingerprint density at radius 1 is 1.10 bits per heavy atom. The average Bonchev–Trinajstić information content (AvgIpc) is 2.52. The highest BCUT2D eigenvalue weighted by Gasteiger charge is 2.52. The van der Waals surface area contributed by atoms with Gasteiger partial charge in [-0.25, -0.2) is 0 Å². The van der Waals surface area contributed by atoms with Gasteiger partial charge in [0.2, 0.25) is 0 Å². The van der Waals surface area contributed by atoms with Crippen molar-refractivity contribution in [2.45, 2.75) is 50.2 Å². The molecule has 2 aliphatic heterocycles. The second kappa shape index (κ2) is 4.99. The summed E-state index contributed by atoms with van der Waals surface area (Å²) in [5.41, 5.74) is 1.06. The molecule has 3 nitrogen and oxygen atoms in total. The number of hydrogen-bond donors (Lipinski definition) is 1. The van der Waals surface area contributed by atoms with Gasteiger partial charge in [-0.15, -0.1) is 0 Å². The molecule has 2 unspecified atom stereocenters. The van der Waals surface area contributed by atoms with Gasteiger partial charge in [0.1, 0.15) is 11.4 Å². The van der Waals surface area contributed by atoms with Gasteiger partial charge in [0.25, 0.3) is 0 Å². The summed E-state index contributed by atoms with van der Waals surface area (Å²) in [6.45, 7) is 4.91. The maximum atomic E-state index is 6.94. The van der Waals surface area contributed by atoms with Gasteiger partial charge in [-0.1, -0.05) is 44.4 Å². The molecule has 2 spiro atoms. The molecule has 3 aliphatic rings. The van der Waals surface area contributed by atoms with Gasteiger partial charge >= 0.3 is 0 Å². The van der Waals surface area contributed by atoms with Gasteiger partial charge in [-0.3, -0.25) is 0 Å². The SMILES string of the molecule is CC1COc2ccccc2C12CNCC1(CCCCC1)O2. The van der Waals surface area contributed by atoms with Gasteiger partial charge in [-0.05, 0) is 18.9 Å². The topological polar surface area (TPSA) is 30.5 Å². The van der Waals surface area contributed by atoms with E-state index in [1.54, 1.807) is 0 Å². The zero-order chi connectivity index (χ0) is 14.3. The smallest absolute Gasteiger partial charge is 0.125 e. The summed E-state index contributed by atoms with van der Waals surface area (Å²) in [6.07, 6.45) is 6.33. The Morgan fingerprint density at radius 3 is 2.76 bits per heavy atom. The molecule has 2 atom stereocenters. The summed E-state index contributed by atoms with van der Waals surface area (Å²) in [6, 6.07) is 8.42. The average molecular weight is 287 g/mol. The highest BCUT2D eigenvalue weighted by atomic mass is 16.5. The summed E-state index contributed by atoms with van der Waals surface area (Å²) < 4.78 is 12.9. The van der Waals surface area contributed by atoms with Gasteiger partial charge in [0.05, 0.1) is 12.2 Å².